The summed E-state index contributed by atoms with van der Waals surface area (Å²) in [5.41, 5.74) is 5.49. The van der Waals surface area contributed by atoms with E-state index >= 15 is 0 Å². The van der Waals surface area contributed by atoms with Gasteiger partial charge < -0.3 is 19.3 Å². The number of carbonyl (C=O) groups is 1. The van der Waals surface area contributed by atoms with E-state index < -0.39 is 0 Å². The standard InChI is InChI=1S/C25H24N2O4/c1-14-22-23(16-9-10-20(29-2)21(13-16)30-3)24-18(26-25(22)31-27-14)11-17(12-19(24)28)15-7-5-4-6-8-15/h4-10,13,17,23,26H,11-12H2,1-3H3/t17-,23+/m0/s1. The number of hydrogen-bond acceptors (Lipinski definition) is 6. The van der Waals surface area contributed by atoms with Crippen molar-refractivity contribution in [1.82, 2.24) is 5.16 Å². The van der Waals surface area contributed by atoms with E-state index in [2.05, 4.69) is 22.6 Å². The predicted octanol–water partition coefficient (Wildman–Crippen LogP) is 4.96. The number of carbonyl (C=O) groups excluding carboxylic acids is 1. The molecule has 1 aromatic heterocycles. The third kappa shape index (κ3) is 3.19. The third-order valence-corrected chi connectivity index (χ3v) is 6.27. The van der Waals surface area contributed by atoms with E-state index in [1.54, 1.807) is 14.2 Å². The first-order valence-electron chi connectivity index (χ1n) is 10.4. The van der Waals surface area contributed by atoms with E-state index in [-0.39, 0.29) is 17.6 Å². The second-order valence-electron chi connectivity index (χ2n) is 8.01. The van der Waals surface area contributed by atoms with Gasteiger partial charge in [-0.3, -0.25) is 4.79 Å². The number of allylic oxidation sites excluding steroid dienone is 2. The fourth-order valence-electron chi connectivity index (χ4n) is 4.80. The van der Waals surface area contributed by atoms with E-state index in [0.29, 0.717) is 23.8 Å². The van der Waals surface area contributed by atoms with Gasteiger partial charge >= 0.3 is 0 Å². The number of ether oxygens (including phenoxy) is 2. The minimum atomic E-state index is -0.262. The number of rotatable bonds is 4. The molecule has 3 aromatic rings. The molecule has 0 bridgehead atoms. The molecule has 2 aliphatic rings. The predicted molar refractivity (Wildman–Crippen MR) is 117 cm³/mol. The second-order valence-corrected chi connectivity index (χ2v) is 8.01. The number of fused-ring (bicyclic) bond motifs is 1. The van der Waals surface area contributed by atoms with Crippen LogP contribution in [0.2, 0.25) is 0 Å². The summed E-state index contributed by atoms with van der Waals surface area (Å²) in [7, 11) is 3.22. The Morgan fingerprint density at radius 3 is 2.52 bits per heavy atom. The van der Waals surface area contributed by atoms with E-state index in [1.165, 1.54) is 5.56 Å². The van der Waals surface area contributed by atoms with Crippen molar-refractivity contribution >= 4 is 11.7 Å². The van der Waals surface area contributed by atoms with Gasteiger partial charge in [-0.15, -0.1) is 0 Å². The monoisotopic (exact) mass is 416 g/mol. The first-order valence-corrected chi connectivity index (χ1v) is 10.4. The van der Waals surface area contributed by atoms with Gasteiger partial charge in [-0.2, -0.15) is 0 Å². The molecular weight excluding hydrogens is 392 g/mol. The van der Waals surface area contributed by atoms with Gasteiger partial charge in [0.05, 0.1) is 25.5 Å². The van der Waals surface area contributed by atoms with E-state index in [4.69, 9.17) is 14.0 Å². The van der Waals surface area contributed by atoms with Crippen molar-refractivity contribution in [3.05, 3.63) is 82.2 Å². The number of ketones is 1. The Morgan fingerprint density at radius 2 is 1.77 bits per heavy atom. The van der Waals surface area contributed by atoms with Gasteiger partial charge in [-0.05, 0) is 42.5 Å². The van der Waals surface area contributed by atoms with Crippen molar-refractivity contribution in [2.75, 3.05) is 19.5 Å². The molecule has 31 heavy (non-hydrogen) atoms. The summed E-state index contributed by atoms with van der Waals surface area (Å²) in [6.45, 7) is 1.91. The average Bonchev–Trinajstić information content (AvgIpc) is 3.17. The summed E-state index contributed by atoms with van der Waals surface area (Å²) in [5.74, 6) is 1.90. The Kier molecular flexibility index (Phi) is 4.77. The van der Waals surface area contributed by atoms with Crippen LogP contribution in [-0.4, -0.2) is 25.2 Å². The smallest absolute Gasteiger partial charge is 0.233 e. The minimum absolute atomic E-state index is 0.136. The van der Waals surface area contributed by atoms with Gasteiger partial charge in [0.2, 0.25) is 5.88 Å². The molecule has 0 unspecified atom stereocenters. The molecule has 1 aliphatic heterocycles. The van der Waals surface area contributed by atoms with Crippen LogP contribution in [0.3, 0.4) is 0 Å². The SMILES string of the molecule is COc1ccc([C@H]2C3=C(C[C@H](c4ccccc4)CC3=O)Nc3onc(C)c32)cc1OC. The number of hydrogen-bond donors (Lipinski definition) is 1. The molecular formula is C25H24N2O4. The highest BCUT2D eigenvalue weighted by atomic mass is 16.5. The molecule has 6 nitrogen and oxygen atoms in total. The zero-order valence-electron chi connectivity index (χ0n) is 17.8. The quantitative estimate of drug-likeness (QED) is 0.648. The van der Waals surface area contributed by atoms with E-state index in [1.807, 2.05) is 43.3 Å². The van der Waals surface area contributed by atoms with Gasteiger partial charge in [0.15, 0.2) is 17.3 Å². The van der Waals surface area contributed by atoms with Crippen LogP contribution in [0.4, 0.5) is 5.88 Å². The lowest BCUT2D eigenvalue weighted by Crippen LogP contribution is -2.29. The maximum atomic E-state index is 13.5. The number of benzene rings is 2. The molecule has 2 aromatic carbocycles. The van der Waals surface area contributed by atoms with Crippen LogP contribution >= 0.6 is 0 Å². The van der Waals surface area contributed by atoms with Gasteiger partial charge in [0, 0.05) is 23.6 Å². The average molecular weight is 416 g/mol. The van der Waals surface area contributed by atoms with Crippen LogP contribution < -0.4 is 14.8 Å². The molecule has 158 valence electrons. The highest BCUT2D eigenvalue weighted by Gasteiger charge is 2.41. The maximum absolute atomic E-state index is 13.5. The molecule has 1 aliphatic carbocycles. The van der Waals surface area contributed by atoms with Gasteiger partial charge in [-0.1, -0.05) is 41.6 Å². The van der Waals surface area contributed by atoms with E-state index in [0.717, 1.165) is 34.5 Å². The number of aromatic nitrogens is 1. The Bertz CT molecular complexity index is 1180. The number of nitrogens with one attached hydrogen (secondary N) is 1. The highest BCUT2D eigenvalue weighted by Crippen LogP contribution is 2.49. The fourth-order valence-corrected chi connectivity index (χ4v) is 4.80. The molecule has 0 fully saturated rings. The van der Waals surface area contributed by atoms with Crippen LogP contribution in [0, 0.1) is 6.92 Å². The lowest BCUT2D eigenvalue weighted by atomic mass is 9.72. The van der Waals surface area contributed by atoms with Crippen molar-refractivity contribution in [2.24, 2.45) is 0 Å². The molecule has 5 rings (SSSR count). The van der Waals surface area contributed by atoms with Crippen molar-refractivity contribution in [3.8, 4) is 11.5 Å². The number of aryl methyl sites for hydroxylation is 1. The summed E-state index contributed by atoms with van der Waals surface area (Å²) in [5, 5.41) is 7.55. The summed E-state index contributed by atoms with van der Waals surface area (Å²) in [6, 6.07) is 16.0. The Hall–Kier alpha value is -3.54. The lowest BCUT2D eigenvalue weighted by molar-refractivity contribution is -0.116. The van der Waals surface area contributed by atoms with Crippen LogP contribution in [0.25, 0.3) is 0 Å². The Balaban J connectivity index is 1.63. The Labute approximate surface area is 180 Å². The molecule has 2 atom stereocenters. The number of anilines is 1. The van der Waals surface area contributed by atoms with Crippen molar-refractivity contribution in [3.63, 3.8) is 0 Å². The zero-order valence-corrected chi connectivity index (χ0v) is 17.8. The largest absolute Gasteiger partial charge is 0.493 e. The highest BCUT2D eigenvalue weighted by molar-refractivity contribution is 6.01. The fraction of sp³-hybridized carbons (Fsp3) is 0.280. The van der Waals surface area contributed by atoms with Crippen LogP contribution in [0.5, 0.6) is 11.5 Å². The normalized spacial score (nSPS) is 20.0. The molecule has 2 heterocycles. The summed E-state index contributed by atoms with van der Waals surface area (Å²) < 4.78 is 16.5. The number of Topliss-reactive ketones (excluding diaryl/α,β-unsaturated/α-hetero) is 1. The van der Waals surface area contributed by atoms with Gasteiger partial charge in [0.25, 0.3) is 0 Å². The van der Waals surface area contributed by atoms with Crippen LogP contribution in [-0.2, 0) is 4.79 Å². The lowest BCUT2D eigenvalue weighted by Gasteiger charge is -2.34. The first-order chi connectivity index (χ1) is 15.1. The topological polar surface area (TPSA) is 73.6 Å². The number of methoxy groups -OCH3 is 2. The van der Waals surface area contributed by atoms with Crippen molar-refractivity contribution in [2.45, 2.75) is 31.6 Å². The minimum Gasteiger partial charge on any atom is -0.493 e. The van der Waals surface area contributed by atoms with Gasteiger partial charge in [0.1, 0.15) is 0 Å². The summed E-state index contributed by atoms with van der Waals surface area (Å²) in [4.78, 5) is 13.5. The Morgan fingerprint density at radius 1 is 1.00 bits per heavy atom. The number of nitrogens with zero attached hydrogens (tertiary/aromatic N) is 1. The van der Waals surface area contributed by atoms with Crippen LogP contribution in [0.15, 0.2) is 64.3 Å². The zero-order chi connectivity index (χ0) is 21.5. The van der Waals surface area contributed by atoms with Crippen molar-refractivity contribution in [1.29, 1.82) is 0 Å². The molecule has 0 saturated carbocycles. The maximum Gasteiger partial charge on any atom is 0.233 e. The van der Waals surface area contributed by atoms with Crippen molar-refractivity contribution < 1.29 is 18.8 Å². The van der Waals surface area contributed by atoms with Crippen LogP contribution in [0.1, 0.15) is 47.1 Å². The molecule has 0 saturated heterocycles. The molecule has 0 spiro atoms. The van der Waals surface area contributed by atoms with Gasteiger partial charge in [-0.25, -0.2) is 0 Å². The summed E-state index contributed by atoms with van der Waals surface area (Å²) in [6.07, 6.45) is 1.22. The first kappa shape index (κ1) is 19.4. The second kappa shape index (κ2) is 7.61. The molecule has 1 N–H and O–H groups in total. The molecule has 0 radical (unpaired) electrons. The molecule has 0 amide bonds. The third-order valence-electron chi connectivity index (χ3n) is 6.27. The summed E-state index contributed by atoms with van der Waals surface area (Å²) >= 11 is 0. The van der Waals surface area contributed by atoms with E-state index in [9.17, 15) is 4.79 Å². The molecule has 6 heteroatoms.